The number of hydrogen-bond donors (Lipinski definition) is 1. The van der Waals surface area contributed by atoms with Crippen LogP contribution in [0.15, 0.2) is 53.0 Å². The van der Waals surface area contributed by atoms with Crippen LogP contribution in [0.5, 0.6) is 0 Å². The van der Waals surface area contributed by atoms with Crippen LogP contribution in [-0.2, 0) is 0 Å². The molecular weight excluding hydrogens is 302 g/mol. The topological polar surface area (TPSA) is 29.1 Å². The van der Waals surface area contributed by atoms with Gasteiger partial charge in [0.1, 0.15) is 0 Å². The van der Waals surface area contributed by atoms with Gasteiger partial charge < -0.3 is 5.32 Å². The summed E-state index contributed by atoms with van der Waals surface area (Å²) in [6.07, 6.45) is 0. The molecule has 0 saturated carbocycles. The molecule has 0 bridgehead atoms. The zero-order valence-corrected chi connectivity index (χ0v) is 11.1. The Morgan fingerprint density at radius 2 is 1.82 bits per heavy atom. The van der Waals surface area contributed by atoms with Gasteiger partial charge >= 0.3 is 5.37 Å². The highest BCUT2D eigenvalue weighted by molar-refractivity contribution is 9.10. The second-order valence-electron chi connectivity index (χ2n) is 3.45. The lowest BCUT2D eigenvalue weighted by Gasteiger charge is -2.10. The molecule has 0 heterocycles. The van der Waals surface area contributed by atoms with E-state index in [0.717, 1.165) is 15.6 Å². The van der Waals surface area contributed by atoms with Gasteiger partial charge in [0.25, 0.3) is 0 Å². The first-order valence-electron chi connectivity index (χ1n) is 4.98. The first-order chi connectivity index (χ1) is 8.16. The monoisotopic (exact) mass is 309 g/mol. The van der Waals surface area contributed by atoms with Crippen molar-refractivity contribution in [1.29, 1.82) is 0 Å². The van der Waals surface area contributed by atoms with Crippen molar-refractivity contribution in [3.63, 3.8) is 0 Å². The smallest absolute Gasteiger partial charge is 0.312 e. The van der Waals surface area contributed by atoms with Gasteiger partial charge in [-0.25, -0.2) is 0 Å². The Morgan fingerprint density at radius 3 is 2.47 bits per heavy atom. The summed E-state index contributed by atoms with van der Waals surface area (Å²) in [5, 5.41) is 2.01. The normalized spacial score (nSPS) is 10.0. The zero-order valence-electron chi connectivity index (χ0n) is 8.78. The lowest BCUT2D eigenvalue weighted by Crippen LogP contribution is -2.02. The maximum Gasteiger partial charge on any atom is 0.318 e. The van der Waals surface area contributed by atoms with Gasteiger partial charge in [0, 0.05) is 15.7 Å². The average Bonchev–Trinajstić information content (AvgIpc) is 2.32. The Balaban J connectivity index is 2.51. The molecule has 86 valence electrons. The number of benzene rings is 2. The van der Waals surface area contributed by atoms with Crippen LogP contribution in [0, 0.1) is 0 Å². The quantitative estimate of drug-likeness (QED) is 0.621. The van der Waals surface area contributed by atoms with Crippen molar-refractivity contribution >= 4 is 38.6 Å². The molecule has 0 saturated heterocycles. The van der Waals surface area contributed by atoms with Crippen LogP contribution in [0.3, 0.4) is 0 Å². The molecule has 0 aromatic heterocycles. The Bertz CT molecular complexity index is 542. The maximum atomic E-state index is 10.9. The highest BCUT2D eigenvalue weighted by Crippen LogP contribution is 2.31. The van der Waals surface area contributed by atoms with E-state index >= 15 is 0 Å². The molecule has 1 N–H and O–H groups in total. The lowest BCUT2D eigenvalue weighted by atomic mass is 10.0. The molecule has 1 amide bonds. The summed E-state index contributed by atoms with van der Waals surface area (Å²) in [4.78, 5) is 10.9. The van der Waals surface area contributed by atoms with Crippen LogP contribution in [0.2, 0.25) is 0 Å². The van der Waals surface area contributed by atoms with Crippen molar-refractivity contribution in [2.24, 2.45) is 0 Å². The predicted octanol–water partition coefficient (Wildman–Crippen LogP) is 4.89. The van der Waals surface area contributed by atoms with E-state index in [2.05, 4.69) is 21.2 Å². The third-order valence-electron chi connectivity index (χ3n) is 2.30. The zero-order chi connectivity index (χ0) is 12.3. The molecule has 0 aliphatic carbocycles. The molecule has 0 atom stereocenters. The maximum absolute atomic E-state index is 10.9. The van der Waals surface area contributed by atoms with E-state index < -0.39 is 5.37 Å². The third-order valence-corrected chi connectivity index (χ3v) is 2.89. The number of rotatable bonds is 2. The molecule has 0 radical (unpaired) electrons. The number of halogens is 2. The van der Waals surface area contributed by atoms with E-state index in [0.29, 0.717) is 5.69 Å². The highest BCUT2D eigenvalue weighted by Gasteiger charge is 2.07. The van der Waals surface area contributed by atoms with E-state index in [1.165, 1.54) is 0 Å². The van der Waals surface area contributed by atoms with Gasteiger partial charge in [-0.15, -0.1) is 0 Å². The number of anilines is 1. The molecular formula is C13H9BrClNO. The molecule has 2 aromatic carbocycles. The highest BCUT2D eigenvalue weighted by atomic mass is 79.9. The summed E-state index contributed by atoms with van der Waals surface area (Å²) in [5.41, 5.74) is 2.64. The minimum absolute atomic E-state index is 0.593. The van der Waals surface area contributed by atoms with E-state index in [4.69, 9.17) is 11.6 Å². The Hall–Kier alpha value is -1.32. The average molecular weight is 311 g/mol. The minimum Gasteiger partial charge on any atom is -0.312 e. The van der Waals surface area contributed by atoms with Crippen LogP contribution in [-0.4, -0.2) is 5.37 Å². The van der Waals surface area contributed by atoms with Crippen molar-refractivity contribution in [3.05, 3.63) is 53.0 Å². The van der Waals surface area contributed by atoms with Gasteiger partial charge in [0.2, 0.25) is 0 Å². The standard InChI is InChI=1S/C13H9BrClNO/c14-10-6-7-12(16-13(15)17)11(8-10)9-4-2-1-3-5-9/h1-8H,(H,16,17). The van der Waals surface area contributed by atoms with Crippen molar-refractivity contribution in [3.8, 4) is 11.1 Å². The summed E-state index contributed by atoms with van der Waals surface area (Å²) in [5.74, 6) is 0. The second kappa shape index (κ2) is 5.34. The van der Waals surface area contributed by atoms with E-state index in [1.807, 2.05) is 48.5 Å². The predicted molar refractivity (Wildman–Crippen MR) is 74.4 cm³/mol. The van der Waals surface area contributed by atoms with Crippen molar-refractivity contribution in [2.45, 2.75) is 0 Å². The van der Waals surface area contributed by atoms with Gasteiger partial charge in [-0.1, -0.05) is 46.3 Å². The first-order valence-corrected chi connectivity index (χ1v) is 6.15. The molecule has 2 aromatic rings. The largest absolute Gasteiger partial charge is 0.318 e. The van der Waals surface area contributed by atoms with Crippen LogP contribution in [0.1, 0.15) is 0 Å². The Labute approximate surface area is 113 Å². The van der Waals surface area contributed by atoms with Crippen molar-refractivity contribution < 1.29 is 4.79 Å². The van der Waals surface area contributed by atoms with Gasteiger partial charge in [-0.2, -0.15) is 0 Å². The second-order valence-corrected chi connectivity index (χ2v) is 4.71. The number of carbonyl (C=O) groups excluding carboxylic acids is 1. The number of hydrogen-bond acceptors (Lipinski definition) is 1. The van der Waals surface area contributed by atoms with Crippen molar-refractivity contribution in [1.82, 2.24) is 0 Å². The molecule has 4 heteroatoms. The van der Waals surface area contributed by atoms with Crippen LogP contribution < -0.4 is 5.32 Å². The van der Waals surface area contributed by atoms with Gasteiger partial charge in [0.05, 0.1) is 0 Å². The number of carbonyl (C=O) groups is 1. The Kier molecular flexibility index (Phi) is 3.82. The van der Waals surface area contributed by atoms with Crippen LogP contribution in [0.25, 0.3) is 11.1 Å². The van der Waals surface area contributed by atoms with Gasteiger partial charge in [0.15, 0.2) is 0 Å². The molecule has 2 nitrogen and oxygen atoms in total. The minimum atomic E-state index is -0.593. The fourth-order valence-corrected chi connectivity index (χ4v) is 2.05. The first kappa shape index (κ1) is 12.1. The number of nitrogens with one attached hydrogen (secondary N) is 1. The molecule has 0 fully saturated rings. The van der Waals surface area contributed by atoms with E-state index in [1.54, 1.807) is 0 Å². The van der Waals surface area contributed by atoms with Crippen molar-refractivity contribution in [2.75, 3.05) is 5.32 Å². The van der Waals surface area contributed by atoms with Crippen LogP contribution in [0.4, 0.5) is 10.5 Å². The summed E-state index contributed by atoms with van der Waals surface area (Å²) in [6, 6.07) is 15.4. The molecule has 0 aliphatic rings. The Morgan fingerprint density at radius 1 is 1.12 bits per heavy atom. The summed E-state index contributed by atoms with van der Waals surface area (Å²) >= 11 is 8.76. The fourth-order valence-electron chi connectivity index (χ4n) is 1.59. The van der Waals surface area contributed by atoms with E-state index in [-0.39, 0.29) is 0 Å². The SMILES string of the molecule is O=C(Cl)Nc1ccc(Br)cc1-c1ccccc1. The molecule has 0 aliphatic heterocycles. The third kappa shape index (κ3) is 3.08. The lowest BCUT2D eigenvalue weighted by molar-refractivity contribution is 0.269. The molecule has 0 unspecified atom stereocenters. The molecule has 17 heavy (non-hydrogen) atoms. The van der Waals surface area contributed by atoms with Crippen LogP contribution >= 0.6 is 27.5 Å². The van der Waals surface area contributed by atoms with E-state index in [9.17, 15) is 4.79 Å². The van der Waals surface area contributed by atoms with Gasteiger partial charge in [-0.3, -0.25) is 4.79 Å². The molecule has 2 rings (SSSR count). The van der Waals surface area contributed by atoms with Gasteiger partial charge in [-0.05, 0) is 35.4 Å². The fraction of sp³-hybridized carbons (Fsp3) is 0. The number of amides is 1. The summed E-state index contributed by atoms with van der Waals surface area (Å²) in [7, 11) is 0. The summed E-state index contributed by atoms with van der Waals surface area (Å²) in [6.45, 7) is 0. The summed E-state index contributed by atoms with van der Waals surface area (Å²) < 4.78 is 0.948. The molecule has 0 spiro atoms.